The zero-order valence-electron chi connectivity index (χ0n) is 11.1. The Hall–Kier alpha value is -0.540. The number of benzene rings is 1. The maximum Gasteiger partial charge on any atom is 0.0373 e. The summed E-state index contributed by atoms with van der Waals surface area (Å²) >= 11 is 3.51. The Kier molecular flexibility index (Phi) is 6.60. The molecule has 0 heterocycles. The van der Waals surface area contributed by atoms with Crippen molar-refractivity contribution in [1.82, 2.24) is 4.90 Å². The molecule has 0 aliphatic heterocycles. The highest BCUT2D eigenvalue weighted by atomic mass is 79.9. The van der Waals surface area contributed by atoms with Crippen molar-refractivity contribution in [3.8, 4) is 0 Å². The predicted octanol–water partition coefficient (Wildman–Crippen LogP) is 3.77. The molecule has 1 aromatic rings. The van der Waals surface area contributed by atoms with Gasteiger partial charge in [0.25, 0.3) is 0 Å². The van der Waals surface area contributed by atoms with Gasteiger partial charge in [-0.15, -0.1) is 0 Å². The van der Waals surface area contributed by atoms with Crippen LogP contribution >= 0.6 is 15.9 Å². The standard InChI is InChI=1S/C14H23BrN2/c1-4-12-11-13(15)7-8-14(12)16-9-10-17(5-2)6-3/h7-8,11,16H,4-6,9-10H2,1-3H3. The molecule has 0 saturated carbocycles. The largest absolute Gasteiger partial charge is 0.384 e. The van der Waals surface area contributed by atoms with E-state index in [1.807, 2.05) is 0 Å². The van der Waals surface area contributed by atoms with Crippen LogP contribution in [0.2, 0.25) is 0 Å². The fourth-order valence-corrected chi connectivity index (χ4v) is 2.32. The van der Waals surface area contributed by atoms with Crippen molar-refractivity contribution < 1.29 is 0 Å². The minimum atomic E-state index is 1.01. The van der Waals surface area contributed by atoms with Crippen LogP contribution in [0, 0.1) is 0 Å². The van der Waals surface area contributed by atoms with Crippen LogP contribution in [-0.4, -0.2) is 31.1 Å². The van der Waals surface area contributed by atoms with Gasteiger partial charge in [0.05, 0.1) is 0 Å². The van der Waals surface area contributed by atoms with Gasteiger partial charge in [-0.25, -0.2) is 0 Å². The first-order valence-electron chi connectivity index (χ1n) is 6.45. The van der Waals surface area contributed by atoms with Crippen LogP contribution in [0.25, 0.3) is 0 Å². The maximum atomic E-state index is 3.53. The number of nitrogens with zero attached hydrogens (tertiary/aromatic N) is 1. The molecule has 2 nitrogen and oxygen atoms in total. The third kappa shape index (κ3) is 4.68. The molecule has 0 atom stereocenters. The average Bonchev–Trinajstić information content (AvgIpc) is 2.36. The van der Waals surface area contributed by atoms with Gasteiger partial charge in [-0.3, -0.25) is 0 Å². The number of likely N-dealkylation sites (N-methyl/N-ethyl adjacent to an activating group) is 1. The third-order valence-electron chi connectivity index (χ3n) is 3.09. The summed E-state index contributed by atoms with van der Waals surface area (Å²) in [6, 6.07) is 6.45. The van der Waals surface area contributed by atoms with E-state index in [4.69, 9.17) is 0 Å². The van der Waals surface area contributed by atoms with Crippen molar-refractivity contribution in [3.05, 3.63) is 28.2 Å². The first-order valence-corrected chi connectivity index (χ1v) is 7.25. The Bertz CT molecular complexity index is 335. The Morgan fingerprint density at radius 3 is 2.47 bits per heavy atom. The van der Waals surface area contributed by atoms with Gasteiger partial charge < -0.3 is 10.2 Å². The molecule has 0 aromatic heterocycles. The van der Waals surface area contributed by atoms with Gasteiger partial charge in [-0.2, -0.15) is 0 Å². The number of anilines is 1. The number of hydrogen-bond donors (Lipinski definition) is 1. The summed E-state index contributed by atoms with van der Waals surface area (Å²) in [4.78, 5) is 2.43. The molecule has 17 heavy (non-hydrogen) atoms. The average molecular weight is 299 g/mol. The molecular formula is C14H23BrN2. The van der Waals surface area contributed by atoms with E-state index in [2.05, 4.69) is 65.1 Å². The SMILES string of the molecule is CCc1cc(Br)ccc1NCCN(CC)CC. The maximum absolute atomic E-state index is 3.53. The van der Waals surface area contributed by atoms with E-state index >= 15 is 0 Å². The summed E-state index contributed by atoms with van der Waals surface area (Å²) in [5.74, 6) is 0. The molecule has 0 aliphatic carbocycles. The fourth-order valence-electron chi connectivity index (χ4n) is 1.92. The summed E-state index contributed by atoms with van der Waals surface area (Å²) < 4.78 is 1.16. The van der Waals surface area contributed by atoms with Crippen LogP contribution in [0.5, 0.6) is 0 Å². The van der Waals surface area contributed by atoms with Gasteiger partial charge in [0, 0.05) is 23.2 Å². The summed E-state index contributed by atoms with van der Waals surface area (Å²) in [6.07, 6.45) is 1.06. The number of halogens is 1. The van der Waals surface area contributed by atoms with Crippen LogP contribution in [0.1, 0.15) is 26.3 Å². The Labute approximate surface area is 114 Å². The van der Waals surface area contributed by atoms with Gasteiger partial charge in [0.15, 0.2) is 0 Å². The lowest BCUT2D eigenvalue weighted by Gasteiger charge is -2.19. The molecule has 0 spiro atoms. The van der Waals surface area contributed by atoms with Crippen molar-refractivity contribution in [1.29, 1.82) is 0 Å². The summed E-state index contributed by atoms with van der Waals surface area (Å²) in [5.41, 5.74) is 2.64. The highest BCUT2D eigenvalue weighted by Crippen LogP contribution is 2.21. The highest BCUT2D eigenvalue weighted by Gasteiger charge is 2.02. The van der Waals surface area contributed by atoms with E-state index in [1.165, 1.54) is 11.3 Å². The van der Waals surface area contributed by atoms with Gasteiger partial charge in [-0.05, 0) is 43.3 Å². The van der Waals surface area contributed by atoms with Crippen molar-refractivity contribution in [2.45, 2.75) is 27.2 Å². The molecular weight excluding hydrogens is 276 g/mol. The van der Waals surface area contributed by atoms with Gasteiger partial charge in [0.1, 0.15) is 0 Å². The van der Waals surface area contributed by atoms with E-state index in [9.17, 15) is 0 Å². The molecule has 0 fully saturated rings. The van der Waals surface area contributed by atoms with E-state index in [-0.39, 0.29) is 0 Å². The molecule has 96 valence electrons. The second-order valence-electron chi connectivity index (χ2n) is 4.11. The summed E-state index contributed by atoms with van der Waals surface area (Å²) in [6.45, 7) is 11.0. The lowest BCUT2D eigenvalue weighted by Crippen LogP contribution is -2.28. The number of aryl methyl sites for hydroxylation is 1. The molecule has 0 aliphatic rings. The van der Waals surface area contributed by atoms with Crippen molar-refractivity contribution in [3.63, 3.8) is 0 Å². The molecule has 1 N–H and O–H groups in total. The van der Waals surface area contributed by atoms with Crippen LogP contribution in [-0.2, 0) is 6.42 Å². The monoisotopic (exact) mass is 298 g/mol. The molecule has 0 unspecified atom stereocenters. The van der Waals surface area contributed by atoms with Gasteiger partial charge in [0.2, 0.25) is 0 Å². The van der Waals surface area contributed by atoms with E-state index < -0.39 is 0 Å². The van der Waals surface area contributed by atoms with Crippen LogP contribution in [0.4, 0.5) is 5.69 Å². The normalized spacial score (nSPS) is 10.9. The molecule has 0 radical (unpaired) electrons. The van der Waals surface area contributed by atoms with E-state index in [0.717, 1.165) is 37.1 Å². The second kappa shape index (κ2) is 7.72. The minimum absolute atomic E-state index is 1.01. The van der Waals surface area contributed by atoms with Crippen LogP contribution in [0.3, 0.4) is 0 Å². The third-order valence-corrected chi connectivity index (χ3v) is 3.58. The van der Waals surface area contributed by atoms with Crippen LogP contribution in [0.15, 0.2) is 22.7 Å². The zero-order chi connectivity index (χ0) is 12.7. The lowest BCUT2D eigenvalue weighted by atomic mass is 10.1. The molecule has 1 aromatic carbocycles. The quantitative estimate of drug-likeness (QED) is 0.824. The Morgan fingerprint density at radius 2 is 1.88 bits per heavy atom. The number of nitrogens with one attached hydrogen (secondary N) is 1. The molecule has 0 saturated heterocycles. The Balaban J connectivity index is 2.51. The molecule has 1 rings (SSSR count). The van der Waals surface area contributed by atoms with Crippen molar-refractivity contribution >= 4 is 21.6 Å². The smallest absolute Gasteiger partial charge is 0.0373 e. The minimum Gasteiger partial charge on any atom is -0.384 e. The Morgan fingerprint density at radius 1 is 1.18 bits per heavy atom. The molecule has 0 amide bonds. The van der Waals surface area contributed by atoms with E-state index in [0.29, 0.717) is 0 Å². The predicted molar refractivity (Wildman–Crippen MR) is 79.8 cm³/mol. The van der Waals surface area contributed by atoms with E-state index in [1.54, 1.807) is 0 Å². The first kappa shape index (κ1) is 14.5. The fraction of sp³-hybridized carbons (Fsp3) is 0.571. The topological polar surface area (TPSA) is 15.3 Å². The first-order chi connectivity index (χ1) is 8.21. The summed E-state index contributed by atoms with van der Waals surface area (Å²) in [7, 11) is 0. The second-order valence-corrected chi connectivity index (χ2v) is 5.02. The van der Waals surface area contributed by atoms with Crippen LogP contribution < -0.4 is 5.32 Å². The summed E-state index contributed by atoms with van der Waals surface area (Å²) in [5, 5.41) is 3.53. The highest BCUT2D eigenvalue weighted by molar-refractivity contribution is 9.10. The number of rotatable bonds is 7. The molecule has 0 bridgehead atoms. The van der Waals surface area contributed by atoms with Crippen molar-refractivity contribution in [2.24, 2.45) is 0 Å². The van der Waals surface area contributed by atoms with Crippen molar-refractivity contribution in [2.75, 3.05) is 31.5 Å². The number of hydrogen-bond acceptors (Lipinski definition) is 2. The van der Waals surface area contributed by atoms with Gasteiger partial charge in [-0.1, -0.05) is 36.7 Å². The van der Waals surface area contributed by atoms with Gasteiger partial charge >= 0.3 is 0 Å². The lowest BCUT2D eigenvalue weighted by molar-refractivity contribution is 0.316. The zero-order valence-corrected chi connectivity index (χ0v) is 12.7. The molecule has 3 heteroatoms.